The summed E-state index contributed by atoms with van der Waals surface area (Å²) in [7, 11) is 0. The Balaban J connectivity index is 1.38. The van der Waals surface area contributed by atoms with Gasteiger partial charge in [-0.3, -0.25) is 19.5 Å². The summed E-state index contributed by atoms with van der Waals surface area (Å²) in [6.07, 6.45) is -3.27. The van der Waals surface area contributed by atoms with Gasteiger partial charge in [0.2, 0.25) is 5.91 Å². The van der Waals surface area contributed by atoms with Gasteiger partial charge in [-0.1, -0.05) is 0 Å². The third-order valence-corrected chi connectivity index (χ3v) is 8.28. The first kappa shape index (κ1) is 30.7. The molecule has 1 saturated heterocycles. The van der Waals surface area contributed by atoms with E-state index in [1.807, 2.05) is 0 Å². The van der Waals surface area contributed by atoms with E-state index in [1.54, 1.807) is 19.2 Å². The molecule has 0 saturated carbocycles. The summed E-state index contributed by atoms with van der Waals surface area (Å²) < 4.78 is 63.5. The van der Waals surface area contributed by atoms with Gasteiger partial charge in [0.15, 0.2) is 0 Å². The number of rotatable bonds is 7. The Morgan fingerprint density at radius 1 is 1.17 bits per heavy atom. The third kappa shape index (κ3) is 5.43. The van der Waals surface area contributed by atoms with Crippen LogP contribution in [0.25, 0.3) is 22.2 Å². The number of hydrogen-bond acceptors (Lipinski definition) is 6. The lowest BCUT2D eigenvalue weighted by Gasteiger charge is -2.24. The minimum absolute atomic E-state index is 0.0241. The molecule has 4 N–H and O–H groups in total. The first-order chi connectivity index (χ1) is 21.8. The lowest BCUT2D eigenvalue weighted by atomic mass is 9.82. The molecule has 0 spiro atoms. The van der Waals surface area contributed by atoms with Crippen molar-refractivity contribution < 1.29 is 36.7 Å². The van der Waals surface area contributed by atoms with Crippen molar-refractivity contribution >= 4 is 34.4 Å². The predicted octanol–water partition coefficient (Wildman–Crippen LogP) is 4.49. The van der Waals surface area contributed by atoms with Crippen LogP contribution in [0.2, 0.25) is 0 Å². The third-order valence-electron chi connectivity index (χ3n) is 8.28. The van der Waals surface area contributed by atoms with E-state index in [-0.39, 0.29) is 40.8 Å². The van der Waals surface area contributed by atoms with E-state index in [2.05, 4.69) is 20.6 Å². The number of halogens is 4. The Morgan fingerprint density at radius 2 is 1.91 bits per heavy atom. The predicted molar refractivity (Wildman–Crippen MR) is 160 cm³/mol. The molecule has 46 heavy (non-hydrogen) atoms. The Hall–Kier alpha value is -5.27. The van der Waals surface area contributed by atoms with Crippen LogP contribution >= 0.6 is 0 Å². The van der Waals surface area contributed by atoms with Gasteiger partial charge in [-0.25, -0.2) is 14.2 Å². The highest BCUT2D eigenvalue weighted by Crippen LogP contribution is 2.46. The lowest BCUT2D eigenvalue weighted by Crippen LogP contribution is -2.40. The molecule has 2 aromatic carbocycles. The molecule has 4 aromatic rings. The lowest BCUT2D eigenvalue weighted by molar-refractivity contribution is -0.149. The van der Waals surface area contributed by atoms with E-state index in [0.29, 0.717) is 29.7 Å². The van der Waals surface area contributed by atoms with Crippen molar-refractivity contribution in [3.05, 3.63) is 82.9 Å². The highest BCUT2D eigenvalue weighted by molar-refractivity contribution is 6.07. The number of hydrogen-bond donors (Lipinski definition) is 3. The molecule has 1 fully saturated rings. The molecule has 0 bridgehead atoms. The van der Waals surface area contributed by atoms with Crippen LogP contribution in [0.5, 0.6) is 5.75 Å². The fourth-order valence-corrected chi connectivity index (χ4v) is 5.65. The molecule has 1 unspecified atom stereocenters. The van der Waals surface area contributed by atoms with Gasteiger partial charge in [0.25, 0.3) is 5.91 Å². The fraction of sp³-hybridized carbons (Fsp3) is 0.281. The van der Waals surface area contributed by atoms with E-state index in [0.717, 1.165) is 23.8 Å². The number of carbonyl (C=O) groups excluding carboxylic acids is 3. The van der Waals surface area contributed by atoms with Crippen molar-refractivity contribution in [3.8, 4) is 17.0 Å². The van der Waals surface area contributed by atoms with Crippen LogP contribution in [0, 0.1) is 12.7 Å². The number of primary amides is 1. The van der Waals surface area contributed by atoms with E-state index in [1.165, 1.54) is 36.1 Å². The van der Waals surface area contributed by atoms with Crippen molar-refractivity contribution in [2.45, 2.75) is 31.4 Å². The van der Waals surface area contributed by atoms with Gasteiger partial charge >= 0.3 is 12.2 Å². The maximum atomic E-state index is 14.7. The number of nitrogens with zero attached hydrogens (tertiary/aromatic N) is 3. The number of anilines is 1. The number of amides is 4. The Morgan fingerprint density at radius 3 is 2.57 bits per heavy atom. The monoisotopic (exact) mass is 636 g/mol. The van der Waals surface area contributed by atoms with Gasteiger partial charge in [-0.2, -0.15) is 13.2 Å². The number of pyridine rings is 2. The summed E-state index contributed by atoms with van der Waals surface area (Å²) in [4.78, 5) is 48.5. The van der Waals surface area contributed by atoms with Gasteiger partial charge in [0.1, 0.15) is 35.2 Å². The normalized spacial score (nSPS) is 18.2. The van der Waals surface area contributed by atoms with Gasteiger partial charge in [0, 0.05) is 47.9 Å². The van der Waals surface area contributed by atoms with E-state index in [9.17, 15) is 31.9 Å². The number of alkyl halides is 3. The van der Waals surface area contributed by atoms with Crippen LogP contribution in [0.4, 0.5) is 28.0 Å². The van der Waals surface area contributed by atoms with Crippen molar-refractivity contribution in [1.82, 2.24) is 20.6 Å². The molecular weight excluding hydrogens is 608 g/mol. The topological polar surface area (TPSA) is 140 Å². The highest BCUT2D eigenvalue weighted by Gasteiger charge is 2.47. The number of ether oxygens (including phenoxy) is 1. The zero-order chi connectivity index (χ0) is 33.0. The van der Waals surface area contributed by atoms with Crippen LogP contribution in [-0.4, -0.2) is 60.2 Å². The Labute approximate surface area is 259 Å². The van der Waals surface area contributed by atoms with Gasteiger partial charge < -0.3 is 21.1 Å². The number of aryl methyl sites for hydroxylation is 1. The summed E-state index contributed by atoms with van der Waals surface area (Å²) in [5.74, 6) is -4.44. The van der Waals surface area contributed by atoms with E-state index < -0.39 is 47.4 Å². The summed E-state index contributed by atoms with van der Waals surface area (Å²) in [5, 5.41) is 5.60. The van der Waals surface area contributed by atoms with Crippen molar-refractivity contribution in [2.75, 3.05) is 31.1 Å². The van der Waals surface area contributed by atoms with Crippen molar-refractivity contribution in [2.24, 2.45) is 5.73 Å². The summed E-state index contributed by atoms with van der Waals surface area (Å²) in [6, 6.07) is 10.3. The van der Waals surface area contributed by atoms with Crippen LogP contribution in [0.15, 0.2) is 54.7 Å². The quantitative estimate of drug-likeness (QED) is 0.256. The average molecular weight is 637 g/mol. The molecule has 0 aliphatic carbocycles. The smallest absolute Gasteiger partial charge is 0.398 e. The van der Waals surface area contributed by atoms with Gasteiger partial charge in [0.05, 0.1) is 16.9 Å². The zero-order valence-electron chi connectivity index (χ0n) is 24.7. The molecule has 0 radical (unpaired) electrons. The molecular formula is C32H28F4N6O4. The number of fused-ring (bicyclic) bond motifs is 2. The highest BCUT2D eigenvalue weighted by atomic mass is 19.4. The van der Waals surface area contributed by atoms with Gasteiger partial charge in [-0.15, -0.1) is 0 Å². The standard InChI is InChI=1S/C32H28F4N6O4/c1-16-9-18-10-19(11-24(25(18)39-13-16)42-8-7-38-30(42)45)28(43)40-14-22(32(34,35)36)23-12-21-27(46-15-31(21,2)29(37)44)26(41-23)17-3-5-20(33)6-4-17/h3-6,9-13,22H,7-8,14-15H2,1-2H3,(H2,37,44)(H,38,45)(H,40,43)/t22?,31-/m0/s1. The second kappa shape index (κ2) is 11.3. The fourth-order valence-electron chi connectivity index (χ4n) is 5.65. The summed E-state index contributed by atoms with van der Waals surface area (Å²) >= 11 is 0. The average Bonchev–Trinajstić information content (AvgIpc) is 3.59. The molecule has 4 amide bonds. The van der Waals surface area contributed by atoms with Gasteiger partial charge in [-0.05, 0) is 67.9 Å². The molecule has 10 nitrogen and oxygen atoms in total. The van der Waals surface area contributed by atoms with Crippen LogP contribution in [-0.2, 0) is 10.2 Å². The summed E-state index contributed by atoms with van der Waals surface area (Å²) in [5.41, 5.74) is 5.66. The van der Waals surface area contributed by atoms with Crippen LogP contribution in [0.1, 0.15) is 40.0 Å². The number of nitrogens with two attached hydrogens (primary N) is 1. The Kier molecular flexibility index (Phi) is 7.53. The molecule has 4 heterocycles. The maximum absolute atomic E-state index is 14.7. The first-order valence-electron chi connectivity index (χ1n) is 14.3. The van der Waals surface area contributed by atoms with E-state index >= 15 is 0 Å². The number of carbonyl (C=O) groups is 3. The first-order valence-corrected chi connectivity index (χ1v) is 14.3. The maximum Gasteiger partial charge on any atom is 0.398 e. The zero-order valence-corrected chi connectivity index (χ0v) is 24.7. The molecule has 2 aliphatic heterocycles. The van der Waals surface area contributed by atoms with Crippen molar-refractivity contribution in [3.63, 3.8) is 0 Å². The molecule has 2 aromatic heterocycles. The molecule has 6 rings (SSSR count). The molecule has 238 valence electrons. The minimum Gasteiger partial charge on any atom is -0.489 e. The minimum atomic E-state index is -4.89. The molecule has 14 heteroatoms. The number of urea groups is 1. The number of aromatic nitrogens is 2. The number of benzene rings is 2. The number of nitrogens with one attached hydrogen (secondary N) is 2. The van der Waals surface area contributed by atoms with Crippen LogP contribution < -0.4 is 26.0 Å². The largest absolute Gasteiger partial charge is 0.489 e. The van der Waals surface area contributed by atoms with Crippen molar-refractivity contribution in [1.29, 1.82) is 0 Å². The second-order valence-corrected chi connectivity index (χ2v) is 11.5. The SMILES string of the molecule is Cc1cnc2c(N3CCNC3=O)cc(C(=O)NCC(c3cc4c(c(-c5ccc(F)cc5)n3)OC[C@]4(C)C(N)=O)C(F)(F)F)cc2c1. The van der Waals surface area contributed by atoms with E-state index in [4.69, 9.17) is 10.5 Å². The molecule has 2 atom stereocenters. The summed E-state index contributed by atoms with van der Waals surface area (Å²) in [6.45, 7) is 2.82. The Bertz CT molecular complexity index is 1900. The second-order valence-electron chi connectivity index (χ2n) is 11.5. The molecule has 2 aliphatic rings. The van der Waals surface area contributed by atoms with Crippen LogP contribution in [0.3, 0.4) is 0 Å².